The van der Waals surface area contributed by atoms with E-state index >= 15 is 0 Å². The predicted molar refractivity (Wildman–Crippen MR) is 162 cm³/mol. The first-order valence-electron chi connectivity index (χ1n) is 14.0. The second-order valence-electron chi connectivity index (χ2n) is 11.0. The molecule has 1 unspecified atom stereocenters. The summed E-state index contributed by atoms with van der Waals surface area (Å²) in [5.41, 5.74) is -0.00370. The molecule has 16 nitrogen and oxygen atoms in total. The zero-order chi connectivity index (χ0) is 34.3. The molecule has 0 radical (unpaired) electrons. The number of urea groups is 1. The lowest BCUT2D eigenvalue weighted by Gasteiger charge is -2.49. The summed E-state index contributed by atoms with van der Waals surface area (Å²) in [4.78, 5) is 103. The molecule has 0 saturated carbocycles. The van der Waals surface area contributed by atoms with Crippen LogP contribution in [0.15, 0.2) is 18.2 Å². The van der Waals surface area contributed by atoms with Gasteiger partial charge in [-0.2, -0.15) is 0 Å². The Morgan fingerprint density at radius 3 is 2.24 bits per heavy atom. The van der Waals surface area contributed by atoms with Crippen molar-refractivity contribution in [1.82, 2.24) is 25.3 Å². The van der Waals surface area contributed by atoms with E-state index in [1.165, 1.54) is 33.7 Å². The van der Waals surface area contributed by atoms with Crippen LogP contribution in [0.2, 0.25) is 0 Å². The van der Waals surface area contributed by atoms with Gasteiger partial charge in [0.15, 0.2) is 11.5 Å². The molecule has 3 saturated heterocycles. The van der Waals surface area contributed by atoms with Gasteiger partial charge in [-0.05, 0) is 44.7 Å². The Morgan fingerprint density at radius 1 is 1.04 bits per heavy atom. The summed E-state index contributed by atoms with van der Waals surface area (Å²) in [5.74, 6) is -6.74. The fourth-order valence-electron chi connectivity index (χ4n) is 5.60. The lowest BCUT2D eigenvalue weighted by molar-refractivity contribution is -0.163. The van der Waals surface area contributed by atoms with E-state index in [0.717, 1.165) is 31.7 Å². The van der Waals surface area contributed by atoms with Crippen LogP contribution >= 0.6 is 23.5 Å². The van der Waals surface area contributed by atoms with Gasteiger partial charge in [0.2, 0.25) is 10.8 Å². The first-order chi connectivity index (χ1) is 21.5. The van der Waals surface area contributed by atoms with Crippen LogP contribution in [0.5, 0.6) is 11.5 Å². The molecule has 248 valence electrons. The van der Waals surface area contributed by atoms with Crippen LogP contribution < -0.4 is 20.1 Å². The van der Waals surface area contributed by atoms with Crippen LogP contribution in [-0.2, 0) is 33.6 Å². The van der Waals surface area contributed by atoms with Gasteiger partial charge < -0.3 is 35.0 Å². The molecule has 18 heteroatoms. The first-order valence-corrected chi connectivity index (χ1v) is 16.1. The van der Waals surface area contributed by atoms with E-state index in [2.05, 4.69) is 10.6 Å². The number of benzene rings is 1. The molecule has 0 aromatic heterocycles. The number of piperazine rings is 1. The van der Waals surface area contributed by atoms with Gasteiger partial charge in [0, 0.05) is 33.5 Å². The van der Waals surface area contributed by atoms with Crippen molar-refractivity contribution in [2.75, 3.05) is 25.9 Å². The molecule has 3 heterocycles. The molecule has 6 amide bonds. The number of β-lactam (4-membered cyclic amide) rings is 1. The van der Waals surface area contributed by atoms with Gasteiger partial charge >= 0.3 is 35.8 Å². The highest BCUT2D eigenvalue weighted by Crippen LogP contribution is 2.60. The summed E-state index contributed by atoms with van der Waals surface area (Å²) >= 11 is 2.19. The monoisotopic (exact) mass is 679 g/mol. The number of hydrogen-bond donors (Lipinski definition) is 3. The summed E-state index contributed by atoms with van der Waals surface area (Å²) < 4.78 is 9.29. The molecule has 46 heavy (non-hydrogen) atoms. The number of aliphatic carboxylic acids is 1. The van der Waals surface area contributed by atoms with Gasteiger partial charge in [0.25, 0.3) is 5.91 Å². The normalized spacial score (nSPS) is 24.0. The Kier molecular flexibility index (Phi) is 9.63. The number of amides is 6. The Bertz CT molecular complexity index is 1530. The number of carboxylic acid groups (broad SMARTS) is 1. The molecular formula is C28H33N5O11S2. The van der Waals surface area contributed by atoms with E-state index in [-0.39, 0.29) is 36.7 Å². The number of fused-ring (bicyclic) bond motifs is 1. The van der Waals surface area contributed by atoms with E-state index in [4.69, 9.17) is 9.47 Å². The zero-order valence-electron chi connectivity index (χ0n) is 25.8. The predicted octanol–water partition coefficient (Wildman–Crippen LogP) is 0.301. The number of esters is 2. The van der Waals surface area contributed by atoms with Crippen molar-refractivity contribution in [3.63, 3.8) is 0 Å². The average molecular weight is 680 g/mol. The smallest absolute Gasteiger partial charge is 0.341 e. The van der Waals surface area contributed by atoms with Gasteiger partial charge in [-0.15, -0.1) is 23.5 Å². The number of imide groups is 1. The van der Waals surface area contributed by atoms with Crippen molar-refractivity contribution in [3.8, 4) is 11.5 Å². The second kappa shape index (κ2) is 12.8. The Morgan fingerprint density at radius 2 is 1.67 bits per heavy atom. The highest BCUT2D eigenvalue weighted by atomic mass is 32.2. The van der Waals surface area contributed by atoms with Crippen LogP contribution in [0.25, 0.3) is 0 Å². The topological polar surface area (TPSA) is 209 Å². The maximum Gasteiger partial charge on any atom is 0.341 e. The molecule has 0 bridgehead atoms. The third-order valence-electron chi connectivity index (χ3n) is 7.77. The largest absolute Gasteiger partial charge is 0.479 e. The van der Waals surface area contributed by atoms with Crippen molar-refractivity contribution < 1.29 is 52.9 Å². The van der Waals surface area contributed by atoms with Crippen LogP contribution in [0.4, 0.5) is 4.79 Å². The minimum absolute atomic E-state index is 0.00370. The number of likely N-dealkylation sites (N-methyl/N-ethyl adjacent to an activating group) is 1. The van der Waals surface area contributed by atoms with Crippen molar-refractivity contribution in [3.05, 3.63) is 23.8 Å². The fraction of sp³-hybridized carbons (Fsp3) is 0.500. The molecule has 0 aliphatic carbocycles. The average Bonchev–Trinajstić information content (AvgIpc) is 3.20. The quantitative estimate of drug-likeness (QED) is 0.139. The van der Waals surface area contributed by atoms with Gasteiger partial charge in [0.05, 0.1) is 4.75 Å². The van der Waals surface area contributed by atoms with Gasteiger partial charge in [0.1, 0.15) is 17.5 Å². The summed E-state index contributed by atoms with van der Waals surface area (Å²) in [6.07, 6.45) is 1.58. The Hall–Kier alpha value is -4.32. The Balaban J connectivity index is 1.67. The number of carboxylic acids is 1. The number of carbonyl (C=O) groups excluding carboxylic acids is 7. The van der Waals surface area contributed by atoms with Crippen LogP contribution in [0, 0.1) is 0 Å². The minimum Gasteiger partial charge on any atom is -0.479 e. The number of hydrogen-bond acceptors (Lipinski definition) is 12. The lowest BCUT2D eigenvalue weighted by atomic mass is 9.94. The summed E-state index contributed by atoms with van der Waals surface area (Å²) in [7, 11) is 0. The van der Waals surface area contributed by atoms with E-state index in [1.807, 2.05) is 0 Å². The second-order valence-corrected chi connectivity index (χ2v) is 13.7. The molecule has 1 aromatic carbocycles. The molecule has 4 atom stereocenters. The number of ether oxygens (including phenoxy) is 2. The van der Waals surface area contributed by atoms with Crippen LogP contribution in [0.1, 0.15) is 46.2 Å². The maximum atomic E-state index is 13.9. The summed E-state index contributed by atoms with van der Waals surface area (Å²) in [6.45, 7) is 7.43. The maximum absolute atomic E-state index is 13.9. The minimum atomic E-state index is -1.63. The number of thioether (sulfide) groups is 2. The van der Waals surface area contributed by atoms with E-state index in [9.17, 15) is 43.5 Å². The number of carbonyl (C=O) groups is 8. The molecule has 0 spiro atoms. The van der Waals surface area contributed by atoms with E-state index < -0.39 is 74.6 Å². The summed E-state index contributed by atoms with van der Waals surface area (Å²) in [6, 6.07) is -0.208. The van der Waals surface area contributed by atoms with E-state index in [1.54, 1.807) is 27.0 Å². The van der Waals surface area contributed by atoms with Crippen molar-refractivity contribution >= 4 is 71.1 Å². The van der Waals surface area contributed by atoms with Crippen molar-refractivity contribution in [2.24, 2.45) is 0 Å². The highest BCUT2D eigenvalue weighted by molar-refractivity contribution is 8.06. The zero-order valence-corrected chi connectivity index (χ0v) is 27.4. The third-order valence-corrected chi connectivity index (χ3v) is 11.0. The van der Waals surface area contributed by atoms with Crippen LogP contribution in [-0.4, -0.2) is 114 Å². The number of nitrogens with one attached hydrogen (secondary N) is 2. The molecule has 1 aromatic rings. The molecule has 3 aliphatic heterocycles. The molecule has 3 N–H and O–H groups in total. The lowest BCUT2D eigenvalue weighted by Crippen LogP contribution is -2.74. The molecular weight excluding hydrogens is 646 g/mol. The summed E-state index contributed by atoms with van der Waals surface area (Å²) in [5, 5.41) is 14.4. The fourth-order valence-corrected chi connectivity index (χ4v) is 8.77. The SMILES string of the molecule is CCN1CCN(C(=O)NC(C(=O)N[C@@H]2C(=O)N3[C@@H]2SC(C)(C)[C@]3(SC)C(=O)O)c2ccc(OC(C)=O)c(OC(C)=O)c2)C(=O)C1=O. The number of nitrogens with zero attached hydrogens (tertiary/aromatic N) is 3. The third kappa shape index (κ3) is 5.86. The molecule has 4 rings (SSSR count). The van der Waals surface area contributed by atoms with Crippen molar-refractivity contribution in [2.45, 2.75) is 61.7 Å². The van der Waals surface area contributed by atoms with Gasteiger partial charge in [-0.25, -0.2) is 9.59 Å². The van der Waals surface area contributed by atoms with E-state index in [0.29, 0.717) is 4.90 Å². The number of rotatable bonds is 9. The van der Waals surface area contributed by atoms with Gasteiger partial charge in [-0.1, -0.05) is 6.07 Å². The van der Waals surface area contributed by atoms with Gasteiger partial charge in [-0.3, -0.25) is 33.7 Å². The Labute approximate surface area is 271 Å². The standard InChI is InChI=1S/C28H33N5O11S2/c1-7-31-10-11-32(23(39)22(31)38)26(42)30-18(15-8-9-16(43-13(2)34)17(12-15)44-14(3)35)20(36)29-19-21(37)33-24(19)46-27(4,5)28(33,45-6)25(40)41/h8-9,12,18-19,24H,7,10-11H2,1-6H3,(H,29,36)(H,30,42)(H,40,41)/t18?,19-,24-,28-/m1/s1. The van der Waals surface area contributed by atoms with Crippen LogP contribution in [0.3, 0.4) is 0 Å². The molecule has 3 aliphatic rings. The first kappa shape index (κ1) is 34.6. The molecule has 3 fully saturated rings. The van der Waals surface area contributed by atoms with Crippen molar-refractivity contribution in [1.29, 1.82) is 0 Å². The highest BCUT2D eigenvalue weighted by Gasteiger charge is 2.73.